The van der Waals surface area contributed by atoms with Gasteiger partial charge in [-0.05, 0) is 37.5 Å². The van der Waals surface area contributed by atoms with Crippen molar-refractivity contribution in [3.05, 3.63) is 35.4 Å². The zero-order chi connectivity index (χ0) is 13.5. The molecule has 1 saturated carbocycles. The van der Waals surface area contributed by atoms with Crippen LogP contribution in [0.4, 0.5) is 4.39 Å². The summed E-state index contributed by atoms with van der Waals surface area (Å²) >= 11 is 0. The van der Waals surface area contributed by atoms with E-state index in [9.17, 15) is 4.39 Å². The molecule has 2 aromatic rings. The van der Waals surface area contributed by atoms with Crippen LogP contribution in [0.1, 0.15) is 37.1 Å². The Morgan fingerprint density at radius 1 is 1.30 bits per heavy atom. The smallest absolute Gasteiger partial charge is 0.260 e. The number of nitrogens with zero attached hydrogens (tertiary/aromatic N) is 2. The molecule has 0 unspecified atom stereocenters. The topological polar surface area (TPSA) is 64.9 Å². The molecule has 0 radical (unpaired) electrons. The second kappa shape index (κ2) is 5.50. The number of aromatic nitrogens is 2. The van der Waals surface area contributed by atoms with E-state index in [0.29, 0.717) is 11.4 Å². The van der Waals surface area contributed by atoms with Crippen LogP contribution in [0, 0.1) is 12.7 Å². The second-order valence-corrected chi connectivity index (χ2v) is 5.27. The molecule has 108 valence electrons. The molecule has 0 bridgehead atoms. The Morgan fingerprint density at radius 3 is 2.65 bits per heavy atom. The van der Waals surface area contributed by atoms with Crippen molar-refractivity contribution in [2.24, 2.45) is 5.73 Å². The third-order valence-corrected chi connectivity index (χ3v) is 3.72. The molecule has 0 atom stereocenters. The highest BCUT2D eigenvalue weighted by Crippen LogP contribution is 2.35. The fraction of sp³-hybridized carbons (Fsp3) is 0.429. The average molecular weight is 298 g/mol. The molecule has 0 amide bonds. The fourth-order valence-electron chi connectivity index (χ4n) is 2.56. The van der Waals surface area contributed by atoms with Crippen molar-refractivity contribution in [2.45, 2.75) is 38.1 Å². The van der Waals surface area contributed by atoms with Crippen molar-refractivity contribution in [3.63, 3.8) is 0 Å². The normalized spacial score (nSPS) is 16.9. The molecule has 1 aromatic heterocycles. The highest BCUT2D eigenvalue weighted by atomic mass is 35.5. The van der Waals surface area contributed by atoms with Gasteiger partial charge in [0.2, 0.25) is 0 Å². The lowest BCUT2D eigenvalue weighted by Crippen LogP contribution is -2.34. The van der Waals surface area contributed by atoms with Crippen molar-refractivity contribution >= 4 is 12.4 Å². The summed E-state index contributed by atoms with van der Waals surface area (Å²) in [4.78, 5) is 4.28. The summed E-state index contributed by atoms with van der Waals surface area (Å²) < 4.78 is 19.0. The third-order valence-electron chi connectivity index (χ3n) is 3.72. The molecular formula is C14H17ClFN3O. The number of rotatable bonds is 2. The van der Waals surface area contributed by atoms with E-state index in [1.807, 2.05) is 13.0 Å². The highest BCUT2D eigenvalue weighted by molar-refractivity contribution is 5.85. The van der Waals surface area contributed by atoms with Crippen molar-refractivity contribution < 1.29 is 8.91 Å². The van der Waals surface area contributed by atoms with Gasteiger partial charge in [0.05, 0.1) is 11.1 Å². The molecule has 1 heterocycles. The van der Waals surface area contributed by atoms with Gasteiger partial charge in [0, 0.05) is 0 Å². The van der Waals surface area contributed by atoms with E-state index in [1.165, 1.54) is 6.07 Å². The number of hydrogen-bond donors (Lipinski definition) is 1. The molecule has 0 spiro atoms. The Hall–Kier alpha value is -1.46. The van der Waals surface area contributed by atoms with Gasteiger partial charge in [0.25, 0.3) is 5.89 Å². The van der Waals surface area contributed by atoms with E-state index in [2.05, 4.69) is 10.1 Å². The zero-order valence-electron chi connectivity index (χ0n) is 11.2. The van der Waals surface area contributed by atoms with E-state index in [-0.39, 0.29) is 24.1 Å². The van der Waals surface area contributed by atoms with Gasteiger partial charge in [0.15, 0.2) is 5.82 Å². The van der Waals surface area contributed by atoms with Crippen LogP contribution >= 0.6 is 12.4 Å². The van der Waals surface area contributed by atoms with Crippen LogP contribution in [0.3, 0.4) is 0 Å². The SMILES string of the molecule is Cc1ccc(-c2nc(C3(N)CCCC3)no2)c(F)c1.Cl. The summed E-state index contributed by atoms with van der Waals surface area (Å²) in [6, 6.07) is 4.92. The summed E-state index contributed by atoms with van der Waals surface area (Å²) in [5, 5.41) is 3.93. The van der Waals surface area contributed by atoms with Gasteiger partial charge in [-0.1, -0.05) is 24.1 Å². The maximum absolute atomic E-state index is 13.9. The largest absolute Gasteiger partial charge is 0.334 e. The Balaban J connectivity index is 0.00000147. The molecule has 0 saturated heterocycles. The summed E-state index contributed by atoms with van der Waals surface area (Å²) in [5.74, 6) is 0.330. The van der Waals surface area contributed by atoms with Crippen LogP contribution in [0.5, 0.6) is 0 Å². The Kier molecular flexibility index (Phi) is 4.11. The molecule has 20 heavy (non-hydrogen) atoms. The van der Waals surface area contributed by atoms with E-state index in [1.54, 1.807) is 6.07 Å². The van der Waals surface area contributed by atoms with Crippen LogP contribution in [-0.2, 0) is 5.54 Å². The van der Waals surface area contributed by atoms with Gasteiger partial charge in [-0.3, -0.25) is 0 Å². The minimum absolute atomic E-state index is 0. The molecule has 4 nitrogen and oxygen atoms in total. The Bertz CT molecular complexity index is 608. The number of halogens is 2. The van der Waals surface area contributed by atoms with Gasteiger partial charge >= 0.3 is 0 Å². The lowest BCUT2D eigenvalue weighted by atomic mass is 9.98. The van der Waals surface area contributed by atoms with E-state index in [0.717, 1.165) is 31.2 Å². The van der Waals surface area contributed by atoms with E-state index in [4.69, 9.17) is 10.3 Å². The van der Waals surface area contributed by atoms with Gasteiger partial charge in [-0.25, -0.2) is 4.39 Å². The monoisotopic (exact) mass is 297 g/mol. The fourth-order valence-corrected chi connectivity index (χ4v) is 2.56. The molecule has 3 rings (SSSR count). The predicted octanol–water partition coefficient (Wildman–Crippen LogP) is 3.33. The van der Waals surface area contributed by atoms with Crippen molar-refractivity contribution in [1.82, 2.24) is 10.1 Å². The van der Waals surface area contributed by atoms with Crippen LogP contribution in [-0.4, -0.2) is 10.1 Å². The van der Waals surface area contributed by atoms with E-state index < -0.39 is 5.54 Å². The van der Waals surface area contributed by atoms with Crippen LogP contribution < -0.4 is 5.73 Å². The number of benzene rings is 1. The maximum atomic E-state index is 13.9. The standard InChI is InChI=1S/C14H16FN3O.ClH/c1-9-4-5-10(11(15)8-9)12-17-13(18-19-12)14(16)6-2-3-7-14;/h4-5,8H,2-3,6-7,16H2,1H3;1H. The Labute approximate surface area is 123 Å². The first-order valence-corrected chi connectivity index (χ1v) is 6.48. The van der Waals surface area contributed by atoms with Crippen molar-refractivity contribution in [1.29, 1.82) is 0 Å². The lowest BCUT2D eigenvalue weighted by Gasteiger charge is -2.17. The number of hydrogen-bond acceptors (Lipinski definition) is 4. The molecule has 0 aliphatic heterocycles. The quantitative estimate of drug-likeness (QED) is 0.923. The third kappa shape index (κ3) is 2.55. The van der Waals surface area contributed by atoms with Crippen molar-refractivity contribution in [3.8, 4) is 11.5 Å². The first-order valence-electron chi connectivity index (χ1n) is 6.48. The number of nitrogens with two attached hydrogens (primary N) is 1. The van der Waals surface area contributed by atoms with Crippen LogP contribution in [0.2, 0.25) is 0 Å². The lowest BCUT2D eigenvalue weighted by molar-refractivity contribution is 0.372. The predicted molar refractivity (Wildman–Crippen MR) is 76.0 cm³/mol. The maximum Gasteiger partial charge on any atom is 0.260 e. The molecule has 1 fully saturated rings. The van der Waals surface area contributed by atoms with Crippen LogP contribution in [0.25, 0.3) is 11.5 Å². The van der Waals surface area contributed by atoms with Crippen LogP contribution in [0.15, 0.2) is 22.7 Å². The summed E-state index contributed by atoms with van der Waals surface area (Å²) in [6.45, 7) is 1.83. The summed E-state index contributed by atoms with van der Waals surface area (Å²) in [6.07, 6.45) is 3.84. The first-order chi connectivity index (χ1) is 9.08. The van der Waals surface area contributed by atoms with Gasteiger partial charge < -0.3 is 10.3 Å². The molecule has 1 aliphatic carbocycles. The molecule has 2 N–H and O–H groups in total. The van der Waals surface area contributed by atoms with Gasteiger partial charge in [-0.15, -0.1) is 12.4 Å². The highest BCUT2D eigenvalue weighted by Gasteiger charge is 2.36. The second-order valence-electron chi connectivity index (χ2n) is 5.27. The summed E-state index contributed by atoms with van der Waals surface area (Å²) in [5.41, 5.74) is 6.92. The van der Waals surface area contributed by atoms with E-state index >= 15 is 0 Å². The minimum Gasteiger partial charge on any atom is -0.334 e. The van der Waals surface area contributed by atoms with Gasteiger partial charge in [0.1, 0.15) is 5.82 Å². The summed E-state index contributed by atoms with van der Waals surface area (Å²) in [7, 11) is 0. The minimum atomic E-state index is -0.511. The average Bonchev–Trinajstić information content (AvgIpc) is 2.99. The zero-order valence-corrected chi connectivity index (χ0v) is 12.0. The molecule has 1 aromatic carbocycles. The van der Waals surface area contributed by atoms with Gasteiger partial charge in [-0.2, -0.15) is 4.98 Å². The molecular weight excluding hydrogens is 281 g/mol. The molecule has 6 heteroatoms. The first kappa shape index (κ1) is 14.9. The number of aryl methyl sites for hydroxylation is 1. The molecule has 1 aliphatic rings. The van der Waals surface area contributed by atoms with Crippen molar-refractivity contribution in [2.75, 3.05) is 0 Å². The Morgan fingerprint density at radius 2 is 2.00 bits per heavy atom.